The Labute approximate surface area is 79.6 Å². The lowest BCUT2D eigenvalue weighted by molar-refractivity contribution is -0.134. The number of hydrogen-bond donors (Lipinski definition) is 0. The molecule has 2 nitrogen and oxygen atoms in total. The molecule has 1 aliphatic heterocycles. The minimum atomic E-state index is 0.273. The van der Waals surface area contributed by atoms with Gasteiger partial charge in [-0.3, -0.25) is 4.79 Å². The van der Waals surface area contributed by atoms with E-state index in [2.05, 4.69) is 13.8 Å². The van der Waals surface area contributed by atoms with Gasteiger partial charge < -0.3 is 4.90 Å². The normalized spacial score (nSPS) is 39.0. The Bertz CT molecular complexity index is 269. The van der Waals surface area contributed by atoms with E-state index in [1.54, 1.807) is 4.90 Å². The van der Waals surface area contributed by atoms with E-state index in [0.29, 0.717) is 17.7 Å². The van der Waals surface area contributed by atoms with Crippen LogP contribution in [0.1, 0.15) is 26.7 Å². The fourth-order valence-corrected chi connectivity index (χ4v) is 2.82. The van der Waals surface area contributed by atoms with Crippen LogP contribution in [-0.2, 0) is 4.79 Å². The van der Waals surface area contributed by atoms with Crippen molar-refractivity contribution in [1.29, 1.82) is 0 Å². The van der Waals surface area contributed by atoms with Crippen molar-refractivity contribution in [2.75, 3.05) is 7.05 Å². The molecule has 0 radical (unpaired) electrons. The summed E-state index contributed by atoms with van der Waals surface area (Å²) >= 11 is 0. The highest BCUT2D eigenvalue weighted by Crippen LogP contribution is 2.43. The highest BCUT2D eigenvalue weighted by atomic mass is 16.2. The van der Waals surface area contributed by atoms with E-state index < -0.39 is 0 Å². The minimum Gasteiger partial charge on any atom is -0.322 e. The van der Waals surface area contributed by atoms with Gasteiger partial charge in [-0.1, -0.05) is 12.5 Å². The second kappa shape index (κ2) is 2.86. The van der Waals surface area contributed by atoms with Crippen molar-refractivity contribution in [3.63, 3.8) is 0 Å². The number of allylic oxidation sites excluding steroid dienone is 1. The highest BCUT2D eigenvalue weighted by molar-refractivity contribution is 5.82. The van der Waals surface area contributed by atoms with Crippen molar-refractivity contribution in [2.24, 2.45) is 17.8 Å². The average molecular weight is 179 g/mol. The Morgan fingerprint density at radius 3 is 2.85 bits per heavy atom. The zero-order valence-corrected chi connectivity index (χ0v) is 8.58. The van der Waals surface area contributed by atoms with Crippen molar-refractivity contribution in [1.82, 2.24) is 4.90 Å². The third-order valence-electron chi connectivity index (χ3n) is 3.59. The molecule has 0 bridgehead atoms. The van der Waals surface area contributed by atoms with Crippen LogP contribution in [0.15, 0.2) is 11.8 Å². The van der Waals surface area contributed by atoms with E-state index in [-0.39, 0.29) is 5.92 Å². The zero-order chi connectivity index (χ0) is 9.59. The Balaban J connectivity index is 2.34. The second-order valence-electron chi connectivity index (χ2n) is 4.51. The Morgan fingerprint density at radius 2 is 2.15 bits per heavy atom. The van der Waals surface area contributed by atoms with Gasteiger partial charge in [-0.15, -0.1) is 0 Å². The summed E-state index contributed by atoms with van der Waals surface area (Å²) in [5, 5.41) is 0. The second-order valence-corrected chi connectivity index (χ2v) is 4.51. The maximum absolute atomic E-state index is 11.8. The number of fused-ring (bicyclic) bond motifs is 1. The molecule has 2 heteroatoms. The van der Waals surface area contributed by atoms with Crippen molar-refractivity contribution in [2.45, 2.75) is 26.7 Å². The van der Waals surface area contributed by atoms with Crippen LogP contribution in [0, 0.1) is 17.8 Å². The van der Waals surface area contributed by atoms with Crippen LogP contribution in [0.4, 0.5) is 0 Å². The van der Waals surface area contributed by atoms with Crippen LogP contribution in [0.25, 0.3) is 0 Å². The molecule has 0 N–H and O–H groups in total. The minimum absolute atomic E-state index is 0.273. The van der Waals surface area contributed by atoms with E-state index in [4.69, 9.17) is 0 Å². The van der Waals surface area contributed by atoms with Crippen LogP contribution < -0.4 is 0 Å². The Morgan fingerprint density at radius 1 is 1.46 bits per heavy atom. The summed E-state index contributed by atoms with van der Waals surface area (Å²) in [6, 6.07) is 0. The van der Waals surface area contributed by atoms with Gasteiger partial charge in [-0.2, -0.15) is 0 Å². The lowest BCUT2D eigenvalue weighted by atomic mass is 9.83. The third-order valence-corrected chi connectivity index (χ3v) is 3.59. The van der Waals surface area contributed by atoms with Gasteiger partial charge in [0.25, 0.3) is 0 Å². The zero-order valence-electron chi connectivity index (χ0n) is 8.58. The van der Waals surface area contributed by atoms with Crippen LogP contribution >= 0.6 is 0 Å². The van der Waals surface area contributed by atoms with Crippen LogP contribution in [0.3, 0.4) is 0 Å². The third kappa shape index (κ3) is 1.19. The monoisotopic (exact) mass is 179 g/mol. The first-order chi connectivity index (χ1) is 6.11. The molecule has 1 aliphatic carbocycles. The summed E-state index contributed by atoms with van der Waals surface area (Å²) in [5.74, 6) is 1.71. The van der Waals surface area contributed by atoms with Gasteiger partial charge in [0.05, 0.1) is 0 Å². The number of amides is 1. The van der Waals surface area contributed by atoms with Crippen LogP contribution in [0.5, 0.6) is 0 Å². The molecule has 3 unspecified atom stereocenters. The molecule has 3 atom stereocenters. The molecule has 0 spiro atoms. The largest absolute Gasteiger partial charge is 0.322 e. The van der Waals surface area contributed by atoms with Crippen molar-refractivity contribution >= 4 is 5.91 Å². The van der Waals surface area contributed by atoms with Crippen molar-refractivity contribution < 1.29 is 4.79 Å². The molecule has 1 fully saturated rings. The van der Waals surface area contributed by atoms with Gasteiger partial charge >= 0.3 is 0 Å². The maximum atomic E-state index is 11.8. The summed E-state index contributed by atoms with van der Waals surface area (Å²) in [6.07, 6.45) is 4.41. The molecule has 2 aliphatic rings. The predicted octanol–water partition coefficient (Wildman–Crippen LogP) is 2.02. The number of nitrogens with zero attached hydrogens (tertiary/aromatic N) is 1. The molecule has 72 valence electrons. The van der Waals surface area contributed by atoms with Gasteiger partial charge in [-0.05, 0) is 31.6 Å². The molecule has 0 aromatic heterocycles. The van der Waals surface area contributed by atoms with Crippen molar-refractivity contribution in [3.8, 4) is 0 Å². The highest BCUT2D eigenvalue weighted by Gasteiger charge is 2.42. The number of hydrogen-bond acceptors (Lipinski definition) is 1. The van der Waals surface area contributed by atoms with E-state index in [9.17, 15) is 4.79 Å². The Hall–Kier alpha value is -0.790. The molecule has 0 saturated heterocycles. The lowest BCUT2D eigenvalue weighted by Crippen LogP contribution is -2.38. The first kappa shape index (κ1) is 8.79. The summed E-state index contributed by atoms with van der Waals surface area (Å²) in [5.41, 5.74) is 1.39. The first-order valence-electron chi connectivity index (χ1n) is 5.06. The van der Waals surface area contributed by atoms with E-state index in [1.165, 1.54) is 18.4 Å². The molecule has 13 heavy (non-hydrogen) atoms. The Kier molecular flexibility index (Phi) is 1.94. The molecule has 0 aromatic rings. The molecular formula is C11H17NO. The molecule has 2 rings (SSSR count). The maximum Gasteiger partial charge on any atom is 0.230 e. The van der Waals surface area contributed by atoms with Gasteiger partial charge in [0, 0.05) is 19.2 Å². The smallest absolute Gasteiger partial charge is 0.230 e. The predicted molar refractivity (Wildman–Crippen MR) is 51.9 cm³/mol. The summed E-state index contributed by atoms with van der Waals surface area (Å²) in [4.78, 5) is 13.6. The first-order valence-corrected chi connectivity index (χ1v) is 5.06. The summed E-state index contributed by atoms with van der Waals surface area (Å²) in [6.45, 7) is 4.35. The van der Waals surface area contributed by atoms with Gasteiger partial charge in [0.2, 0.25) is 5.91 Å². The number of rotatable bonds is 0. The van der Waals surface area contributed by atoms with E-state index in [1.807, 2.05) is 13.2 Å². The van der Waals surface area contributed by atoms with E-state index >= 15 is 0 Å². The topological polar surface area (TPSA) is 20.3 Å². The molecular weight excluding hydrogens is 162 g/mol. The summed E-state index contributed by atoms with van der Waals surface area (Å²) < 4.78 is 0. The quantitative estimate of drug-likeness (QED) is 0.557. The van der Waals surface area contributed by atoms with Gasteiger partial charge in [0.15, 0.2) is 0 Å². The standard InChI is InChI=1S/C11H17NO/c1-7-4-5-9-8(2)6-12(3)11(13)10(7)9/h6-7,9-10H,4-5H2,1-3H3. The lowest BCUT2D eigenvalue weighted by Gasteiger charge is -2.31. The van der Waals surface area contributed by atoms with Gasteiger partial charge in [-0.25, -0.2) is 0 Å². The van der Waals surface area contributed by atoms with E-state index in [0.717, 1.165) is 0 Å². The molecule has 1 heterocycles. The fraction of sp³-hybridized carbons (Fsp3) is 0.727. The summed E-state index contributed by atoms with van der Waals surface area (Å²) in [7, 11) is 1.87. The SMILES string of the molecule is CC1=CN(C)C(=O)C2C(C)CCC12. The van der Waals surface area contributed by atoms with Crippen LogP contribution in [0.2, 0.25) is 0 Å². The molecule has 1 saturated carbocycles. The average Bonchev–Trinajstić information content (AvgIpc) is 2.44. The van der Waals surface area contributed by atoms with Gasteiger partial charge in [0.1, 0.15) is 0 Å². The molecule has 0 aromatic carbocycles. The van der Waals surface area contributed by atoms with Crippen molar-refractivity contribution in [3.05, 3.63) is 11.8 Å². The number of carbonyl (C=O) groups is 1. The molecule has 1 amide bonds. The van der Waals surface area contributed by atoms with Crippen LogP contribution in [-0.4, -0.2) is 17.9 Å². The fourth-order valence-electron chi connectivity index (χ4n) is 2.82. The number of carbonyl (C=O) groups excluding carboxylic acids is 1.